The third-order valence-corrected chi connectivity index (χ3v) is 4.43. The second kappa shape index (κ2) is 7.59. The largest absolute Gasteiger partial charge is 0.478 e. The molecule has 114 valence electrons. The van der Waals surface area contributed by atoms with Gasteiger partial charge >= 0.3 is 5.97 Å². The number of carboxylic acids is 1. The summed E-state index contributed by atoms with van der Waals surface area (Å²) in [5.74, 6) is -0.705. The topological polar surface area (TPSA) is 66.4 Å². The van der Waals surface area contributed by atoms with Crippen molar-refractivity contribution >= 4 is 33.5 Å². The van der Waals surface area contributed by atoms with Crippen molar-refractivity contribution in [2.75, 3.05) is 5.32 Å². The maximum absolute atomic E-state index is 12.1. The van der Waals surface area contributed by atoms with Crippen molar-refractivity contribution in [3.63, 3.8) is 0 Å². The number of anilines is 1. The molecule has 21 heavy (non-hydrogen) atoms. The minimum atomic E-state index is -1.04. The summed E-state index contributed by atoms with van der Waals surface area (Å²) in [4.78, 5) is 23.4. The first kappa shape index (κ1) is 16.0. The van der Waals surface area contributed by atoms with Crippen LogP contribution in [-0.4, -0.2) is 17.0 Å². The van der Waals surface area contributed by atoms with E-state index in [4.69, 9.17) is 0 Å². The number of rotatable bonds is 4. The van der Waals surface area contributed by atoms with Crippen LogP contribution < -0.4 is 5.32 Å². The second-order valence-corrected chi connectivity index (χ2v) is 6.52. The molecule has 1 amide bonds. The number of carbonyl (C=O) groups is 2. The molecule has 1 aromatic carbocycles. The number of halogens is 1. The maximum atomic E-state index is 12.1. The molecule has 0 spiro atoms. The molecule has 0 atom stereocenters. The highest BCUT2D eigenvalue weighted by Crippen LogP contribution is 2.26. The molecule has 1 saturated carbocycles. The highest BCUT2D eigenvalue weighted by molar-refractivity contribution is 9.10. The molecule has 0 saturated heterocycles. The monoisotopic (exact) mass is 353 g/mol. The Labute approximate surface area is 133 Å². The quantitative estimate of drug-likeness (QED) is 0.786. The average Bonchev–Trinajstić information content (AvgIpc) is 2.69. The van der Waals surface area contributed by atoms with Crippen LogP contribution in [0.5, 0.6) is 0 Å². The Hall–Kier alpha value is -1.36. The Morgan fingerprint density at radius 2 is 1.86 bits per heavy atom. The highest BCUT2D eigenvalue weighted by Gasteiger charge is 2.18. The van der Waals surface area contributed by atoms with Crippen molar-refractivity contribution in [1.29, 1.82) is 0 Å². The van der Waals surface area contributed by atoms with E-state index in [0.717, 1.165) is 12.8 Å². The van der Waals surface area contributed by atoms with Crippen LogP contribution in [0.25, 0.3) is 0 Å². The maximum Gasteiger partial charge on any atom is 0.337 e. The number of aromatic carboxylic acids is 1. The number of amides is 1. The Morgan fingerprint density at radius 1 is 1.19 bits per heavy atom. The van der Waals surface area contributed by atoms with Gasteiger partial charge in [-0.15, -0.1) is 0 Å². The fraction of sp³-hybridized carbons (Fsp3) is 0.500. The summed E-state index contributed by atoms with van der Waals surface area (Å²) in [7, 11) is 0. The minimum Gasteiger partial charge on any atom is -0.478 e. The van der Waals surface area contributed by atoms with Gasteiger partial charge in [0.1, 0.15) is 0 Å². The smallest absolute Gasteiger partial charge is 0.337 e. The fourth-order valence-electron chi connectivity index (χ4n) is 2.83. The molecular formula is C16H20BrNO3. The summed E-state index contributed by atoms with van der Waals surface area (Å²) in [6.07, 6.45) is 7.57. The molecule has 0 heterocycles. The summed E-state index contributed by atoms with van der Waals surface area (Å²) in [5, 5.41) is 11.9. The van der Waals surface area contributed by atoms with E-state index in [0.29, 0.717) is 22.5 Å². The van der Waals surface area contributed by atoms with E-state index in [2.05, 4.69) is 21.2 Å². The van der Waals surface area contributed by atoms with Gasteiger partial charge in [0.05, 0.1) is 11.3 Å². The standard InChI is InChI=1S/C16H20BrNO3/c17-12-7-8-14(13(10-12)16(20)21)18-15(19)9-11-5-3-1-2-4-6-11/h7-8,10-11H,1-6,9H2,(H,18,19)(H,20,21). The zero-order valence-electron chi connectivity index (χ0n) is 11.9. The number of hydrogen-bond acceptors (Lipinski definition) is 2. The van der Waals surface area contributed by atoms with Crippen molar-refractivity contribution < 1.29 is 14.7 Å². The predicted octanol–water partition coefficient (Wildman–Crippen LogP) is 4.45. The van der Waals surface area contributed by atoms with E-state index in [1.54, 1.807) is 12.1 Å². The average molecular weight is 354 g/mol. The zero-order chi connectivity index (χ0) is 15.2. The summed E-state index contributed by atoms with van der Waals surface area (Å²) >= 11 is 3.24. The highest BCUT2D eigenvalue weighted by atomic mass is 79.9. The van der Waals surface area contributed by atoms with Gasteiger partial charge in [-0.3, -0.25) is 4.79 Å². The molecule has 1 fully saturated rings. The Morgan fingerprint density at radius 3 is 2.48 bits per heavy atom. The molecule has 0 aromatic heterocycles. The van der Waals surface area contributed by atoms with E-state index in [1.807, 2.05) is 0 Å². The summed E-state index contributed by atoms with van der Waals surface area (Å²) in [6, 6.07) is 4.86. The van der Waals surface area contributed by atoms with Crippen LogP contribution >= 0.6 is 15.9 Å². The van der Waals surface area contributed by atoms with Crippen molar-refractivity contribution in [2.45, 2.75) is 44.9 Å². The van der Waals surface area contributed by atoms with Crippen LogP contribution in [0.4, 0.5) is 5.69 Å². The SMILES string of the molecule is O=C(CC1CCCCCC1)Nc1ccc(Br)cc1C(=O)O. The predicted molar refractivity (Wildman–Crippen MR) is 85.5 cm³/mol. The van der Waals surface area contributed by atoms with E-state index in [-0.39, 0.29) is 11.5 Å². The number of benzene rings is 1. The lowest BCUT2D eigenvalue weighted by Crippen LogP contribution is -2.18. The van der Waals surface area contributed by atoms with Crippen molar-refractivity contribution in [2.24, 2.45) is 5.92 Å². The van der Waals surface area contributed by atoms with Gasteiger partial charge in [0.15, 0.2) is 0 Å². The molecule has 0 bridgehead atoms. The summed E-state index contributed by atoms with van der Waals surface area (Å²) in [5.41, 5.74) is 0.475. The normalized spacial score (nSPS) is 16.2. The third-order valence-electron chi connectivity index (χ3n) is 3.93. The van der Waals surface area contributed by atoms with Crippen LogP contribution in [0.1, 0.15) is 55.3 Å². The summed E-state index contributed by atoms with van der Waals surface area (Å²) in [6.45, 7) is 0. The van der Waals surface area contributed by atoms with Crippen LogP contribution in [0.15, 0.2) is 22.7 Å². The van der Waals surface area contributed by atoms with Crippen LogP contribution in [0, 0.1) is 5.92 Å². The van der Waals surface area contributed by atoms with Crippen LogP contribution in [0.2, 0.25) is 0 Å². The van der Waals surface area contributed by atoms with Gasteiger partial charge in [-0.05, 0) is 37.0 Å². The molecule has 2 N–H and O–H groups in total. The summed E-state index contributed by atoms with van der Waals surface area (Å²) < 4.78 is 0.682. The number of carbonyl (C=O) groups excluding carboxylic acids is 1. The second-order valence-electron chi connectivity index (χ2n) is 5.60. The van der Waals surface area contributed by atoms with E-state index < -0.39 is 5.97 Å². The minimum absolute atomic E-state index is 0.0910. The van der Waals surface area contributed by atoms with Gasteiger partial charge in [0, 0.05) is 10.9 Å². The third kappa shape index (κ3) is 4.84. The molecule has 2 rings (SSSR count). The first-order valence-corrected chi connectivity index (χ1v) is 8.18. The molecule has 1 aromatic rings. The van der Waals surface area contributed by atoms with Gasteiger partial charge in [0.2, 0.25) is 5.91 Å². The Balaban J connectivity index is 2.00. The lowest BCUT2D eigenvalue weighted by molar-refractivity contribution is -0.117. The molecule has 0 aliphatic heterocycles. The van der Waals surface area contributed by atoms with E-state index in [1.165, 1.54) is 31.7 Å². The molecule has 1 aliphatic carbocycles. The molecular weight excluding hydrogens is 334 g/mol. The lowest BCUT2D eigenvalue weighted by Gasteiger charge is -2.14. The number of hydrogen-bond donors (Lipinski definition) is 2. The van der Waals surface area contributed by atoms with Crippen molar-refractivity contribution in [1.82, 2.24) is 0 Å². The number of nitrogens with one attached hydrogen (secondary N) is 1. The lowest BCUT2D eigenvalue weighted by atomic mass is 9.96. The van der Waals surface area contributed by atoms with Gasteiger partial charge in [0.25, 0.3) is 0 Å². The van der Waals surface area contributed by atoms with Crippen LogP contribution in [0.3, 0.4) is 0 Å². The molecule has 0 unspecified atom stereocenters. The van der Waals surface area contributed by atoms with Crippen LogP contribution in [-0.2, 0) is 4.79 Å². The van der Waals surface area contributed by atoms with Gasteiger partial charge in [-0.25, -0.2) is 4.79 Å². The van der Waals surface area contributed by atoms with Gasteiger partial charge in [-0.1, -0.05) is 41.6 Å². The zero-order valence-corrected chi connectivity index (χ0v) is 13.5. The van der Waals surface area contributed by atoms with Crippen molar-refractivity contribution in [3.8, 4) is 0 Å². The van der Waals surface area contributed by atoms with Gasteiger partial charge in [-0.2, -0.15) is 0 Å². The van der Waals surface area contributed by atoms with E-state index >= 15 is 0 Å². The Kier molecular flexibility index (Phi) is 5.79. The molecule has 4 nitrogen and oxygen atoms in total. The molecule has 1 aliphatic rings. The molecule has 0 radical (unpaired) electrons. The van der Waals surface area contributed by atoms with E-state index in [9.17, 15) is 14.7 Å². The van der Waals surface area contributed by atoms with Crippen molar-refractivity contribution in [3.05, 3.63) is 28.2 Å². The number of carboxylic acid groups (broad SMARTS) is 1. The Bertz CT molecular complexity index is 522. The first-order valence-electron chi connectivity index (χ1n) is 7.39. The van der Waals surface area contributed by atoms with Gasteiger partial charge < -0.3 is 10.4 Å². The molecule has 5 heteroatoms. The first-order chi connectivity index (χ1) is 10.1. The fourth-order valence-corrected chi connectivity index (χ4v) is 3.19.